The van der Waals surface area contributed by atoms with E-state index < -0.39 is 0 Å². The van der Waals surface area contributed by atoms with Crippen LogP contribution in [-0.4, -0.2) is 15.0 Å². The number of nitrogens with one attached hydrogen (secondary N) is 1. The van der Waals surface area contributed by atoms with Crippen molar-refractivity contribution in [2.45, 2.75) is 13.5 Å². The largest absolute Gasteiger partial charge is 0.395 e. The molecule has 0 aliphatic heterocycles. The third-order valence-electron chi connectivity index (χ3n) is 2.84. The highest BCUT2D eigenvalue weighted by molar-refractivity contribution is 7.16. The molecule has 3 rings (SSSR count). The van der Waals surface area contributed by atoms with Crippen LogP contribution in [0.15, 0.2) is 30.0 Å². The van der Waals surface area contributed by atoms with Crippen molar-refractivity contribution in [2.75, 3.05) is 11.1 Å². The summed E-state index contributed by atoms with van der Waals surface area (Å²) in [6.07, 6.45) is 3.52. The Kier molecular flexibility index (Phi) is 3.00. The van der Waals surface area contributed by atoms with E-state index in [1.54, 1.807) is 29.2 Å². The number of nitrogens with two attached hydrogens (primary N) is 1. The van der Waals surface area contributed by atoms with E-state index in [1.807, 2.05) is 19.1 Å². The molecule has 0 bridgehead atoms. The first-order valence-corrected chi connectivity index (χ1v) is 6.75. The Morgan fingerprint density at radius 2 is 2.11 bits per heavy atom. The number of hydrogen-bond acceptors (Lipinski definition) is 6. The molecule has 2 heterocycles. The first kappa shape index (κ1) is 11.9. The number of aromatic nitrogens is 3. The summed E-state index contributed by atoms with van der Waals surface area (Å²) < 4.78 is 1.10. The number of hydrogen-bond donors (Lipinski definition) is 2. The molecule has 0 radical (unpaired) electrons. The lowest BCUT2D eigenvalue weighted by Crippen LogP contribution is -2.05. The fraction of sp³-hybridized carbons (Fsp3) is 0.154. The van der Waals surface area contributed by atoms with E-state index in [-0.39, 0.29) is 0 Å². The number of nitrogen functional groups attached to an aromatic ring is 1. The molecular weight excluding hydrogens is 258 g/mol. The molecule has 96 valence electrons. The van der Waals surface area contributed by atoms with Gasteiger partial charge in [0, 0.05) is 6.20 Å². The van der Waals surface area contributed by atoms with Gasteiger partial charge in [-0.1, -0.05) is 0 Å². The predicted octanol–water partition coefficient (Wildman–Crippen LogP) is 2.59. The van der Waals surface area contributed by atoms with Gasteiger partial charge in [0.15, 0.2) is 0 Å². The lowest BCUT2D eigenvalue weighted by atomic mass is 10.2. The van der Waals surface area contributed by atoms with Crippen molar-refractivity contribution in [3.05, 3.63) is 41.4 Å². The second-order valence-electron chi connectivity index (χ2n) is 4.23. The molecule has 19 heavy (non-hydrogen) atoms. The second kappa shape index (κ2) is 4.81. The van der Waals surface area contributed by atoms with Crippen molar-refractivity contribution in [1.82, 2.24) is 15.0 Å². The summed E-state index contributed by atoms with van der Waals surface area (Å²) in [5, 5.41) is 3.27. The maximum atomic E-state index is 6.10. The van der Waals surface area contributed by atoms with Gasteiger partial charge in [0.25, 0.3) is 0 Å². The zero-order chi connectivity index (χ0) is 13.2. The average Bonchev–Trinajstić information content (AvgIpc) is 2.89. The Morgan fingerprint density at radius 3 is 2.89 bits per heavy atom. The third-order valence-corrected chi connectivity index (χ3v) is 3.63. The summed E-state index contributed by atoms with van der Waals surface area (Å²) in [5.41, 5.74) is 12.1. The molecular formula is C13H13N5S. The smallest absolute Gasteiger partial charge is 0.106 e. The van der Waals surface area contributed by atoms with Crippen LogP contribution in [0.3, 0.4) is 0 Å². The Morgan fingerprint density at radius 1 is 1.21 bits per heavy atom. The van der Waals surface area contributed by atoms with Crippen LogP contribution in [0.1, 0.15) is 11.4 Å². The molecule has 6 heteroatoms. The van der Waals surface area contributed by atoms with Gasteiger partial charge >= 0.3 is 0 Å². The Bertz CT molecular complexity index is 705. The van der Waals surface area contributed by atoms with Crippen molar-refractivity contribution < 1.29 is 0 Å². The van der Waals surface area contributed by atoms with E-state index in [0.29, 0.717) is 12.2 Å². The Hall–Kier alpha value is -2.21. The topological polar surface area (TPSA) is 76.7 Å². The van der Waals surface area contributed by atoms with Gasteiger partial charge in [-0.15, -0.1) is 11.3 Å². The average molecular weight is 271 g/mol. The summed E-state index contributed by atoms with van der Waals surface area (Å²) in [4.78, 5) is 12.8. The minimum atomic E-state index is 0.590. The van der Waals surface area contributed by atoms with Gasteiger partial charge in [0.2, 0.25) is 0 Å². The van der Waals surface area contributed by atoms with Crippen LogP contribution in [0.25, 0.3) is 10.2 Å². The summed E-state index contributed by atoms with van der Waals surface area (Å²) in [6.45, 7) is 2.51. The molecule has 5 nitrogen and oxygen atoms in total. The van der Waals surface area contributed by atoms with Gasteiger partial charge in [-0.2, -0.15) is 0 Å². The molecule has 2 aromatic heterocycles. The lowest BCUT2D eigenvalue weighted by Gasteiger charge is -2.09. The summed E-state index contributed by atoms with van der Waals surface area (Å²) in [7, 11) is 0. The van der Waals surface area contributed by atoms with Crippen LogP contribution in [0.5, 0.6) is 0 Å². The number of aryl methyl sites for hydroxylation is 1. The van der Waals surface area contributed by atoms with Crippen LogP contribution in [0.2, 0.25) is 0 Å². The van der Waals surface area contributed by atoms with Gasteiger partial charge in [0.05, 0.1) is 45.7 Å². The molecule has 1 aromatic carbocycles. The van der Waals surface area contributed by atoms with Crippen molar-refractivity contribution in [2.24, 2.45) is 0 Å². The number of fused-ring (bicyclic) bond motifs is 1. The molecule has 0 amide bonds. The molecule has 3 aromatic rings. The molecule has 0 unspecified atom stereocenters. The van der Waals surface area contributed by atoms with E-state index in [9.17, 15) is 0 Å². The fourth-order valence-electron chi connectivity index (χ4n) is 1.80. The highest BCUT2D eigenvalue weighted by atomic mass is 32.1. The Labute approximate surface area is 114 Å². The molecule has 0 aliphatic rings. The first-order valence-electron chi connectivity index (χ1n) is 5.87. The third kappa shape index (κ3) is 2.34. The van der Waals surface area contributed by atoms with Crippen molar-refractivity contribution in [1.29, 1.82) is 0 Å². The molecule has 0 spiro atoms. The summed E-state index contributed by atoms with van der Waals surface area (Å²) >= 11 is 1.59. The van der Waals surface area contributed by atoms with E-state index in [2.05, 4.69) is 20.3 Å². The van der Waals surface area contributed by atoms with E-state index in [4.69, 9.17) is 5.73 Å². The van der Waals surface area contributed by atoms with Gasteiger partial charge in [0.1, 0.15) is 5.52 Å². The SMILES string of the molecule is Cc1cnc(CNc2ccc3scnc3c2N)cn1. The van der Waals surface area contributed by atoms with Crippen LogP contribution in [0, 0.1) is 6.92 Å². The summed E-state index contributed by atoms with van der Waals surface area (Å²) in [5.74, 6) is 0. The van der Waals surface area contributed by atoms with Crippen molar-refractivity contribution in [3.8, 4) is 0 Å². The standard InChI is InChI=1S/C13H13N5S/c1-8-4-16-9(5-15-8)6-17-10-2-3-11-13(12(10)14)18-7-19-11/h2-5,7,17H,6,14H2,1H3. The highest BCUT2D eigenvalue weighted by Gasteiger charge is 2.06. The maximum absolute atomic E-state index is 6.10. The fourth-order valence-corrected chi connectivity index (χ4v) is 2.50. The van der Waals surface area contributed by atoms with Crippen LogP contribution < -0.4 is 11.1 Å². The van der Waals surface area contributed by atoms with Crippen LogP contribution >= 0.6 is 11.3 Å². The monoisotopic (exact) mass is 271 g/mol. The number of rotatable bonds is 3. The second-order valence-corrected chi connectivity index (χ2v) is 5.11. The number of benzene rings is 1. The summed E-state index contributed by atoms with van der Waals surface area (Å²) in [6, 6.07) is 3.99. The molecule has 0 saturated heterocycles. The molecule has 3 N–H and O–H groups in total. The normalized spacial score (nSPS) is 10.8. The predicted molar refractivity (Wildman–Crippen MR) is 78.1 cm³/mol. The van der Waals surface area contributed by atoms with E-state index >= 15 is 0 Å². The van der Waals surface area contributed by atoms with Gasteiger partial charge in [-0.3, -0.25) is 9.97 Å². The van der Waals surface area contributed by atoms with Gasteiger partial charge in [-0.05, 0) is 19.1 Å². The van der Waals surface area contributed by atoms with Gasteiger partial charge < -0.3 is 11.1 Å². The van der Waals surface area contributed by atoms with E-state index in [0.717, 1.165) is 27.3 Å². The highest BCUT2D eigenvalue weighted by Crippen LogP contribution is 2.30. The number of thiazole rings is 1. The molecule has 0 atom stereocenters. The zero-order valence-corrected chi connectivity index (χ0v) is 11.2. The van der Waals surface area contributed by atoms with Crippen molar-refractivity contribution in [3.63, 3.8) is 0 Å². The minimum absolute atomic E-state index is 0.590. The quantitative estimate of drug-likeness (QED) is 0.716. The lowest BCUT2D eigenvalue weighted by molar-refractivity contribution is 0.985. The van der Waals surface area contributed by atoms with E-state index in [1.165, 1.54) is 0 Å². The van der Waals surface area contributed by atoms with Gasteiger partial charge in [-0.25, -0.2) is 4.98 Å². The Balaban J connectivity index is 1.81. The molecule has 0 aliphatic carbocycles. The first-order chi connectivity index (χ1) is 9.24. The number of nitrogens with zero attached hydrogens (tertiary/aromatic N) is 3. The van der Waals surface area contributed by atoms with Crippen LogP contribution in [0.4, 0.5) is 11.4 Å². The van der Waals surface area contributed by atoms with Crippen molar-refractivity contribution >= 4 is 32.9 Å². The zero-order valence-electron chi connectivity index (χ0n) is 10.4. The molecule has 0 saturated carbocycles. The maximum Gasteiger partial charge on any atom is 0.106 e. The molecule has 0 fully saturated rings. The van der Waals surface area contributed by atoms with Crippen LogP contribution in [-0.2, 0) is 6.54 Å². The number of anilines is 2. The minimum Gasteiger partial charge on any atom is -0.395 e.